The van der Waals surface area contributed by atoms with E-state index in [-0.39, 0.29) is 19.1 Å². The second-order valence-electron chi connectivity index (χ2n) is 9.31. The minimum atomic E-state index is -3.52. The van der Waals surface area contributed by atoms with Crippen LogP contribution in [0.25, 0.3) is 10.9 Å². The van der Waals surface area contributed by atoms with Crippen molar-refractivity contribution < 1.29 is 18.7 Å². The number of benzene rings is 3. The van der Waals surface area contributed by atoms with Gasteiger partial charge in [-0.1, -0.05) is 42.5 Å². The molecule has 1 heterocycles. The second-order valence-corrected chi connectivity index (χ2v) is 11.3. The van der Waals surface area contributed by atoms with Gasteiger partial charge in [0.15, 0.2) is 5.88 Å². The SMILES string of the molecule is CCOP(=O)(OCC)c1ccc2[nH]c(O)c(C(=Nc3ccc(CCCN(C)C)cc3)c3ccccc3)c2c1. The molecular weight excluding hydrogens is 497 g/mol. The van der Waals surface area contributed by atoms with Crippen molar-refractivity contribution in [2.75, 3.05) is 33.9 Å². The molecule has 2 N–H and O–H groups in total. The number of aryl methyl sites for hydroxylation is 1. The predicted molar refractivity (Wildman–Crippen MR) is 156 cm³/mol. The zero-order valence-corrected chi connectivity index (χ0v) is 23.4. The van der Waals surface area contributed by atoms with Crippen LogP contribution in [0.5, 0.6) is 5.88 Å². The van der Waals surface area contributed by atoms with Crippen LogP contribution in [0.2, 0.25) is 0 Å². The summed E-state index contributed by atoms with van der Waals surface area (Å²) in [7, 11) is 0.649. The lowest BCUT2D eigenvalue weighted by atomic mass is 10.0. The van der Waals surface area contributed by atoms with Crippen LogP contribution in [-0.2, 0) is 20.0 Å². The molecule has 0 spiro atoms. The van der Waals surface area contributed by atoms with E-state index in [1.165, 1.54) is 5.56 Å². The first-order chi connectivity index (χ1) is 18.3. The number of nitrogens with zero attached hydrogens (tertiary/aromatic N) is 2. The molecule has 8 heteroatoms. The number of H-pyrrole nitrogens is 1. The molecule has 0 amide bonds. The number of nitrogens with one attached hydrogen (secondary N) is 1. The Hall–Kier alpha value is -3.22. The fourth-order valence-electron chi connectivity index (χ4n) is 4.43. The van der Waals surface area contributed by atoms with Crippen LogP contribution in [-0.4, -0.2) is 54.6 Å². The molecule has 0 atom stereocenters. The highest BCUT2D eigenvalue weighted by atomic mass is 31.2. The Kier molecular flexibility index (Phi) is 9.18. The average molecular weight is 534 g/mol. The highest BCUT2D eigenvalue weighted by Crippen LogP contribution is 2.47. The van der Waals surface area contributed by atoms with Gasteiger partial charge in [0.05, 0.1) is 35.5 Å². The fourth-order valence-corrected chi connectivity index (χ4v) is 6.03. The van der Waals surface area contributed by atoms with E-state index in [1.54, 1.807) is 32.0 Å². The van der Waals surface area contributed by atoms with Gasteiger partial charge in [0, 0.05) is 16.5 Å². The number of aromatic hydroxyl groups is 1. The zero-order valence-electron chi connectivity index (χ0n) is 22.5. The van der Waals surface area contributed by atoms with Crippen LogP contribution in [0.4, 0.5) is 5.69 Å². The van der Waals surface area contributed by atoms with Crippen LogP contribution in [0, 0.1) is 0 Å². The molecule has 0 aliphatic heterocycles. The van der Waals surface area contributed by atoms with Crippen molar-refractivity contribution in [3.8, 4) is 5.88 Å². The van der Waals surface area contributed by atoms with Gasteiger partial charge in [0.25, 0.3) is 0 Å². The van der Waals surface area contributed by atoms with E-state index in [0.717, 1.165) is 30.6 Å². The highest BCUT2D eigenvalue weighted by molar-refractivity contribution is 7.62. The second kappa shape index (κ2) is 12.5. The molecule has 0 bridgehead atoms. The summed E-state index contributed by atoms with van der Waals surface area (Å²) < 4.78 is 24.6. The van der Waals surface area contributed by atoms with E-state index in [0.29, 0.717) is 27.5 Å². The number of aromatic nitrogens is 1. The first-order valence-corrected chi connectivity index (χ1v) is 14.5. The van der Waals surface area contributed by atoms with Crippen LogP contribution in [0.15, 0.2) is 77.8 Å². The van der Waals surface area contributed by atoms with Crippen LogP contribution >= 0.6 is 7.60 Å². The average Bonchev–Trinajstić information content (AvgIpc) is 3.23. The molecule has 0 saturated heterocycles. The maximum atomic E-state index is 13.5. The Morgan fingerprint density at radius 2 is 1.66 bits per heavy atom. The number of rotatable bonds is 12. The summed E-state index contributed by atoms with van der Waals surface area (Å²) in [6.07, 6.45) is 2.09. The lowest BCUT2D eigenvalue weighted by Gasteiger charge is -2.17. The summed E-state index contributed by atoms with van der Waals surface area (Å²) in [4.78, 5) is 10.2. The summed E-state index contributed by atoms with van der Waals surface area (Å²) in [5, 5.41) is 12.2. The summed E-state index contributed by atoms with van der Waals surface area (Å²) in [5.74, 6) is -0.0114. The quantitative estimate of drug-likeness (QED) is 0.162. The maximum Gasteiger partial charge on any atom is 0.361 e. The molecule has 7 nitrogen and oxygen atoms in total. The monoisotopic (exact) mass is 533 g/mol. The van der Waals surface area contributed by atoms with Crippen molar-refractivity contribution >= 4 is 35.2 Å². The first kappa shape index (κ1) is 27.8. The first-order valence-electron chi connectivity index (χ1n) is 13.0. The molecule has 3 aromatic carbocycles. The molecular formula is C30H36N3O4P. The normalized spacial score (nSPS) is 12.5. The van der Waals surface area contributed by atoms with Gasteiger partial charge in [0.2, 0.25) is 0 Å². The number of aromatic amines is 1. The topological polar surface area (TPSA) is 87.1 Å². The van der Waals surface area contributed by atoms with Crippen LogP contribution in [0.1, 0.15) is 37.0 Å². The molecule has 0 unspecified atom stereocenters. The Labute approximate surface area is 224 Å². The molecule has 0 aliphatic rings. The van der Waals surface area contributed by atoms with Gasteiger partial charge < -0.3 is 24.0 Å². The van der Waals surface area contributed by atoms with Crippen molar-refractivity contribution in [1.82, 2.24) is 9.88 Å². The lowest BCUT2D eigenvalue weighted by Crippen LogP contribution is -2.13. The van der Waals surface area contributed by atoms with Gasteiger partial charge in [-0.3, -0.25) is 4.57 Å². The molecule has 38 heavy (non-hydrogen) atoms. The van der Waals surface area contributed by atoms with Crippen LogP contribution in [0.3, 0.4) is 0 Å². The van der Waals surface area contributed by atoms with Gasteiger partial charge in [-0.25, -0.2) is 4.99 Å². The predicted octanol–water partition coefficient (Wildman–Crippen LogP) is 6.43. The van der Waals surface area contributed by atoms with Gasteiger partial charge in [-0.15, -0.1) is 0 Å². The van der Waals surface area contributed by atoms with Crippen LogP contribution < -0.4 is 5.30 Å². The highest BCUT2D eigenvalue weighted by Gasteiger charge is 2.28. The third kappa shape index (κ3) is 6.43. The Morgan fingerprint density at radius 3 is 2.29 bits per heavy atom. The van der Waals surface area contributed by atoms with Crippen molar-refractivity contribution in [3.05, 3.63) is 89.5 Å². The number of hydrogen-bond donors (Lipinski definition) is 2. The van der Waals surface area contributed by atoms with Crippen molar-refractivity contribution in [2.45, 2.75) is 26.7 Å². The minimum absolute atomic E-state index is 0.0114. The molecule has 0 saturated carbocycles. The molecule has 0 aliphatic carbocycles. The van der Waals surface area contributed by atoms with E-state index < -0.39 is 7.60 Å². The molecule has 0 fully saturated rings. The van der Waals surface area contributed by atoms with E-state index in [9.17, 15) is 9.67 Å². The largest absolute Gasteiger partial charge is 0.494 e. The lowest BCUT2D eigenvalue weighted by molar-refractivity contribution is 0.230. The van der Waals surface area contributed by atoms with Gasteiger partial charge >= 0.3 is 7.60 Å². The number of fused-ring (bicyclic) bond motifs is 1. The Bertz CT molecular complexity index is 1420. The van der Waals surface area contributed by atoms with Crippen molar-refractivity contribution in [3.63, 3.8) is 0 Å². The Morgan fingerprint density at radius 1 is 0.974 bits per heavy atom. The van der Waals surface area contributed by atoms with Gasteiger partial charge in [-0.2, -0.15) is 0 Å². The van der Waals surface area contributed by atoms with E-state index in [2.05, 4.69) is 36.1 Å². The molecule has 4 rings (SSSR count). The smallest absolute Gasteiger partial charge is 0.361 e. The standard InChI is InChI=1S/C30H36N3O4P/c1-5-36-38(35,37-6-2)25-18-19-27-26(21-25)28(30(34)32-27)29(23-12-8-7-9-13-23)31-24-16-14-22(15-17-24)11-10-20-33(3)4/h7-9,12-19,21,32,34H,5-6,10-11,20H2,1-4H3. The third-order valence-corrected chi connectivity index (χ3v) is 8.32. The number of hydrogen-bond acceptors (Lipinski definition) is 6. The molecule has 1 aromatic heterocycles. The number of aliphatic imine (C=N–C) groups is 1. The summed E-state index contributed by atoms with van der Waals surface area (Å²) in [6, 6.07) is 23.2. The summed E-state index contributed by atoms with van der Waals surface area (Å²) in [5.41, 5.74) is 4.72. The summed E-state index contributed by atoms with van der Waals surface area (Å²) >= 11 is 0. The molecule has 4 aromatic rings. The molecule has 200 valence electrons. The summed E-state index contributed by atoms with van der Waals surface area (Å²) in [6.45, 7) is 5.11. The Balaban J connectivity index is 1.80. The van der Waals surface area contributed by atoms with E-state index in [4.69, 9.17) is 14.0 Å². The maximum absolute atomic E-state index is 13.5. The van der Waals surface area contributed by atoms with E-state index in [1.807, 2.05) is 42.5 Å². The fraction of sp³-hybridized carbons (Fsp3) is 0.300. The van der Waals surface area contributed by atoms with Crippen molar-refractivity contribution in [1.29, 1.82) is 0 Å². The van der Waals surface area contributed by atoms with E-state index >= 15 is 0 Å². The van der Waals surface area contributed by atoms with Gasteiger partial charge in [-0.05, 0) is 83.2 Å². The molecule has 0 radical (unpaired) electrons. The van der Waals surface area contributed by atoms with Crippen molar-refractivity contribution in [2.24, 2.45) is 4.99 Å². The third-order valence-electron chi connectivity index (χ3n) is 6.21. The zero-order chi connectivity index (χ0) is 27.1. The minimum Gasteiger partial charge on any atom is -0.494 e. The van der Waals surface area contributed by atoms with Gasteiger partial charge in [0.1, 0.15) is 0 Å².